The Morgan fingerprint density at radius 3 is 2.34 bits per heavy atom. The minimum Gasteiger partial charge on any atom is -0.341 e. The van der Waals surface area contributed by atoms with E-state index in [1.165, 1.54) is 5.56 Å². The van der Waals surface area contributed by atoms with Gasteiger partial charge in [0.05, 0.1) is 5.92 Å². The Morgan fingerprint density at radius 2 is 1.66 bits per heavy atom. The van der Waals surface area contributed by atoms with Crippen LogP contribution in [0.15, 0.2) is 79.0 Å². The van der Waals surface area contributed by atoms with Gasteiger partial charge in [0.1, 0.15) is 5.69 Å². The summed E-state index contributed by atoms with van der Waals surface area (Å²) in [4.78, 5) is 34.3. The molecule has 0 radical (unpaired) electrons. The summed E-state index contributed by atoms with van der Waals surface area (Å²) in [7, 11) is 0. The van der Waals surface area contributed by atoms with Crippen molar-refractivity contribution in [3.05, 3.63) is 90.3 Å². The SMILES string of the molecule is CCCN1CCN(C(=O)c2ccccn2)CC(Cc2ccc(-c3ccccc3)cc2)C1=O. The van der Waals surface area contributed by atoms with E-state index in [0.717, 1.165) is 17.5 Å². The third-order valence-corrected chi connectivity index (χ3v) is 5.95. The highest BCUT2D eigenvalue weighted by molar-refractivity contribution is 5.93. The summed E-state index contributed by atoms with van der Waals surface area (Å²) in [5.41, 5.74) is 3.86. The summed E-state index contributed by atoms with van der Waals surface area (Å²) in [6, 6.07) is 24.0. The van der Waals surface area contributed by atoms with Crippen LogP contribution in [0.4, 0.5) is 0 Å². The number of rotatable bonds is 6. The smallest absolute Gasteiger partial charge is 0.272 e. The second-order valence-electron chi connectivity index (χ2n) is 8.26. The maximum absolute atomic E-state index is 13.3. The Morgan fingerprint density at radius 1 is 0.938 bits per heavy atom. The molecule has 5 nitrogen and oxygen atoms in total. The summed E-state index contributed by atoms with van der Waals surface area (Å²) >= 11 is 0. The fourth-order valence-electron chi connectivity index (χ4n) is 4.27. The average molecular weight is 428 g/mol. The molecular formula is C27H29N3O2. The number of pyridine rings is 1. The van der Waals surface area contributed by atoms with E-state index in [0.29, 0.717) is 38.3 Å². The summed E-state index contributed by atoms with van der Waals surface area (Å²) in [6.07, 6.45) is 3.14. The zero-order valence-electron chi connectivity index (χ0n) is 18.5. The lowest BCUT2D eigenvalue weighted by Gasteiger charge is -2.24. The quantitative estimate of drug-likeness (QED) is 0.589. The second kappa shape index (κ2) is 10.2. The molecule has 2 heterocycles. The van der Waals surface area contributed by atoms with Gasteiger partial charge in [-0.1, -0.05) is 67.6 Å². The fourth-order valence-corrected chi connectivity index (χ4v) is 4.27. The Hall–Kier alpha value is -3.47. The molecule has 1 aliphatic heterocycles. The van der Waals surface area contributed by atoms with Gasteiger partial charge in [0.2, 0.25) is 5.91 Å². The van der Waals surface area contributed by atoms with Crippen LogP contribution in [0.2, 0.25) is 0 Å². The van der Waals surface area contributed by atoms with Gasteiger partial charge in [0.15, 0.2) is 0 Å². The summed E-state index contributed by atoms with van der Waals surface area (Å²) in [5, 5.41) is 0. The fraction of sp³-hybridized carbons (Fsp3) is 0.296. The Bertz CT molecular complexity index is 1040. The Labute approximate surface area is 189 Å². The van der Waals surface area contributed by atoms with Crippen molar-refractivity contribution in [3.63, 3.8) is 0 Å². The van der Waals surface area contributed by atoms with Crippen molar-refractivity contribution in [1.82, 2.24) is 14.8 Å². The average Bonchev–Trinajstić information content (AvgIpc) is 3.00. The minimum atomic E-state index is -0.265. The van der Waals surface area contributed by atoms with E-state index < -0.39 is 0 Å². The monoisotopic (exact) mass is 427 g/mol. The second-order valence-corrected chi connectivity index (χ2v) is 8.26. The molecule has 1 atom stereocenters. The molecular weight excluding hydrogens is 398 g/mol. The molecule has 0 N–H and O–H groups in total. The lowest BCUT2D eigenvalue weighted by molar-refractivity contribution is -0.134. The molecule has 0 saturated carbocycles. The van der Waals surface area contributed by atoms with Gasteiger partial charge in [-0.15, -0.1) is 0 Å². The number of benzene rings is 2. The molecule has 1 fully saturated rings. The number of carbonyl (C=O) groups excluding carboxylic acids is 2. The van der Waals surface area contributed by atoms with Crippen molar-refractivity contribution in [3.8, 4) is 11.1 Å². The standard InChI is InChI=1S/C27H29N3O2/c1-2-16-29-17-18-30(27(32)25-10-6-7-15-28-25)20-24(26(29)31)19-21-11-13-23(14-12-21)22-8-4-3-5-9-22/h3-15,24H,2,16-20H2,1H3. The first-order chi connectivity index (χ1) is 15.7. The molecule has 0 aliphatic carbocycles. The maximum Gasteiger partial charge on any atom is 0.272 e. The number of hydrogen-bond donors (Lipinski definition) is 0. The predicted octanol–water partition coefficient (Wildman–Crippen LogP) is 4.30. The maximum atomic E-state index is 13.3. The van der Waals surface area contributed by atoms with Crippen LogP contribution in [0.5, 0.6) is 0 Å². The molecule has 5 heteroatoms. The summed E-state index contributed by atoms with van der Waals surface area (Å²) < 4.78 is 0. The van der Waals surface area contributed by atoms with Gasteiger partial charge in [-0.2, -0.15) is 0 Å². The van der Waals surface area contributed by atoms with E-state index >= 15 is 0 Å². The topological polar surface area (TPSA) is 53.5 Å². The molecule has 1 aliphatic rings. The third kappa shape index (κ3) is 5.05. The summed E-state index contributed by atoms with van der Waals surface area (Å²) in [6.45, 7) is 4.30. The largest absolute Gasteiger partial charge is 0.341 e. The molecule has 32 heavy (non-hydrogen) atoms. The Kier molecular flexibility index (Phi) is 6.95. The van der Waals surface area contributed by atoms with E-state index in [1.54, 1.807) is 23.2 Å². The highest BCUT2D eigenvalue weighted by Gasteiger charge is 2.32. The van der Waals surface area contributed by atoms with Crippen LogP contribution in [0, 0.1) is 5.92 Å². The van der Waals surface area contributed by atoms with Crippen LogP contribution >= 0.6 is 0 Å². The van der Waals surface area contributed by atoms with Gasteiger partial charge in [-0.3, -0.25) is 14.6 Å². The molecule has 1 aromatic heterocycles. The molecule has 4 rings (SSSR count). The number of aromatic nitrogens is 1. The van der Waals surface area contributed by atoms with Crippen LogP contribution in [-0.2, 0) is 11.2 Å². The van der Waals surface area contributed by atoms with Gasteiger partial charge < -0.3 is 9.80 Å². The Balaban J connectivity index is 1.53. The van der Waals surface area contributed by atoms with Crippen LogP contribution in [0.3, 0.4) is 0 Å². The van der Waals surface area contributed by atoms with Crippen molar-refractivity contribution >= 4 is 11.8 Å². The number of amides is 2. The normalized spacial score (nSPS) is 16.7. The van der Waals surface area contributed by atoms with Crippen molar-refractivity contribution in [1.29, 1.82) is 0 Å². The minimum absolute atomic E-state index is 0.110. The first kappa shape index (κ1) is 21.8. The predicted molar refractivity (Wildman–Crippen MR) is 126 cm³/mol. The van der Waals surface area contributed by atoms with E-state index in [1.807, 2.05) is 29.2 Å². The molecule has 1 saturated heterocycles. The molecule has 164 valence electrons. The van der Waals surface area contributed by atoms with Gasteiger partial charge in [-0.25, -0.2) is 0 Å². The van der Waals surface area contributed by atoms with Crippen molar-refractivity contribution < 1.29 is 9.59 Å². The van der Waals surface area contributed by atoms with Gasteiger partial charge in [0, 0.05) is 32.4 Å². The van der Waals surface area contributed by atoms with Gasteiger partial charge in [-0.05, 0) is 41.7 Å². The van der Waals surface area contributed by atoms with Crippen molar-refractivity contribution in [2.24, 2.45) is 5.92 Å². The molecule has 0 bridgehead atoms. The van der Waals surface area contributed by atoms with E-state index in [2.05, 4.69) is 48.3 Å². The van der Waals surface area contributed by atoms with Gasteiger partial charge >= 0.3 is 0 Å². The zero-order chi connectivity index (χ0) is 22.3. The third-order valence-electron chi connectivity index (χ3n) is 5.95. The molecule has 0 spiro atoms. The molecule has 3 aromatic rings. The highest BCUT2D eigenvalue weighted by Crippen LogP contribution is 2.23. The van der Waals surface area contributed by atoms with Crippen LogP contribution in [0.1, 0.15) is 29.4 Å². The van der Waals surface area contributed by atoms with Crippen LogP contribution < -0.4 is 0 Å². The lowest BCUT2D eigenvalue weighted by atomic mass is 9.95. The van der Waals surface area contributed by atoms with E-state index in [-0.39, 0.29) is 17.7 Å². The van der Waals surface area contributed by atoms with E-state index in [4.69, 9.17) is 0 Å². The van der Waals surface area contributed by atoms with E-state index in [9.17, 15) is 9.59 Å². The molecule has 1 unspecified atom stereocenters. The zero-order valence-corrected chi connectivity index (χ0v) is 18.5. The van der Waals surface area contributed by atoms with Gasteiger partial charge in [0.25, 0.3) is 5.91 Å². The highest BCUT2D eigenvalue weighted by atomic mass is 16.2. The lowest BCUT2D eigenvalue weighted by Crippen LogP contribution is -2.38. The van der Waals surface area contributed by atoms with Crippen molar-refractivity contribution in [2.45, 2.75) is 19.8 Å². The number of carbonyl (C=O) groups is 2. The number of nitrogens with zero attached hydrogens (tertiary/aromatic N) is 3. The first-order valence-corrected chi connectivity index (χ1v) is 11.3. The van der Waals surface area contributed by atoms with Crippen LogP contribution in [-0.4, -0.2) is 52.8 Å². The van der Waals surface area contributed by atoms with Crippen molar-refractivity contribution in [2.75, 3.05) is 26.2 Å². The summed E-state index contributed by atoms with van der Waals surface area (Å²) in [5.74, 6) is -0.240. The first-order valence-electron chi connectivity index (χ1n) is 11.3. The molecule has 2 aromatic carbocycles. The molecule has 2 amide bonds. The number of hydrogen-bond acceptors (Lipinski definition) is 3. The van der Waals surface area contributed by atoms with Crippen LogP contribution in [0.25, 0.3) is 11.1 Å².